The van der Waals surface area contributed by atoms with Crippen LogP contribution in [0.2, 0.25) is 5.02 Å². The van der Waals surface area contributed by atoms with E-state index in [2.05, 4.69) is 17.6 Å². The molecule has 0 saturated heterocycles. The summed E-state index contributed by atoms with van der Waals surface area (Å²) in [5, 5.41) is 12.9. The number of rotatable bonds is 6. The van der Waals surface area contributed by atoms with E-state index in [0.717, 1.165) is 24.3 Å². The van der Waals surface area contributed by atoms with Crippen molar-refractivity contribution in [2.24, 2.45) is 0 Å². The van der Waals surface area contributed by atoms with Crippen LogP contribution in [0.1, 0.15) is 12.8 Å². The van der Waals surface area contributed by atoms with Crippen molar-refractivity contribution in [1.82, 2.24) is 0 Å². The molecule has 16 heavy (non-hydrogen) atoms. The molecular weight excluding hydrogens is 240 g/mol. The van der Waals surface area contributed by atoms with Crippen molar-refractivity contribution in [1.29, 1.82) is 5.26 Å². The fraction of sp³-hybridized carbons (Fsp3) is 0.417. The van der Waals surface area contributed by atoms with Crippen LogP contribution in [-0.4, -0.2) is 18.1 Å². The molecule has 0 amide bonds. The summed E-state index contributed by atoms with van der Waals surface area (Å²) in [5.74, 6) is 1.09. The molecular formula is C12H15ClN2S. The Morgan fingerprint density at radius 1 is 1.56 bits per heavy atom. The van der Waals surface area contributed by atoms with Gasteiger partial charge >= 0.3 is 0 Å². The molecule has 1 atom stereocenters. The van der Waals surface area contributed by atoms with E-state index < -0.39 is 0 Å². The van der Waals surface area contributed by atoms with Crippen molar-refractivity contribution in [3.8, 4) is 6.07 Å². The predicted octanol–water partition coefficient (Wildman–Crippen LogP) is 3.79. The highest BCUT2D eigenvalue weighted by Crippen LogP contribution is 2.16. The molecule has 1 rings (SSSR count). The van der Waals surface area contributed by atoms with E-state index in [1.807, 2.05) is 24.3 Å². The lowest BCUT2D eigenvalue weighted by Crippen LogP contribution is -2.17. The summed E-state index contributed by atoms with van der Waals surface area (Å²) in [6.45, 7) is 0. The van der Waals surface area contributed by atoms with Crippen LogP contribution in [0.5, 0.6) is 0 Å². The number of hydrogen-bond acceptors (Lipinski definition) is 3. The summed E-state index contributed by atoms with van der Waals surface area (Å²) < 4.78 is 0. The monoisotopic (exact) mass is 254 g/mol. The number of anilines is 1. The maximum absolute atomic E-state index is 9.00. The molecule has 0 spiro atoms. The minimum atomic E-state index is -0.134. The topological polar surface area (TPSA) is 35.8 Å². The Morgan fingerprint density at radius 3 is 3.00 bits per heavy atom. The number of thioether (sulfide) groups is 1. The van der Waals surface area contributed by atoms with Crippen LogP contribution >= 0.6 is 23.4 Å². The second-order valence-corrected chi connectivity index (χ2v) is 4.89. The molecule has 0 aliphatic carbocycles. The van der Waals surface area contributed by atoms with Crippen LogP contribution in [0, 0.1) is 11.3 Å². The quantitative estimate of drug-likeness (QED) is 0.785. The van der Waals surface area contributed by atoms with Gasteiger partial charge in [0, 0.05) is 10.7 Å². The zero-order valence-corrected chi connectivity index (χ0v) is 10.8. The summed E-state index contributed by atoms with van der Waals surface area (Å²) in [4.78, 5) is 0. The fourth-order valence-electron chi connectivity index (χ4n) is 1.38. The van der Waals surface area contributed by atoms with Gasteiger partial charge in [0.1, 0.15) is 6.04 Å². The molecule has 1 N–H and O–H groups in total. The van der Waals surface area contributed by atoms with E-state index in [4.69, 9.17) is 16.9 Å². The summed E-state index contributed by atoms with van der Waals surface area (Å²) in [6, 6.07) is 9.58. The minimum absolute atomic E-state index is 0.134. The molecule has 0 fully saturated rings. The molecule has 0 radical (unpaired) electrons. The van der Waals surface area contributed by atoms with Gasteiger partial charge in [0.15, 0.2) is 0 Å². The molecule has 0 aliphatic rings. The molecule has 0 bridgehead atoms. The van der Waals surface area contributed by atoms with Crippen LogP contribution in [0.3, 0.4) is 0 Å². The second-order valence-electron chi connectivity index (χ2n) is 3.47. The first-order chi connectivity index (χ1) is 7.76. The van der Waals surface area contributed by atoms with Crippen molar-refractivity contribution in [3.05, 3.63) is 29.3 Å². The van der Waals surface area contributed by atoms with E-state index in [9.17, 15) is 0 Å². The largest absolute Gasteiger partial charge is 0.370 e. The minimum Gasteiger partial charge on any atom is -0.370 e. The Hall–Kier alpha value is -0.850. The maximum Gasteiger partial charge on any atom is 0.114 e. The normalized spacial score (nSPS) is 11.8. The number of hydrogen-bond donors (Lipinski definition) is 1. The molecule has 4 heteroatoms. The van der Waals surface area contributed by atoms with Gasteiger partial charge in [-0.2, -0.15) is 17.0 Å². The number of halogens is 1. The van der Waals surface area contributed by atoms with Crippen LogP contribution in [0.4, 0.5) is 5.69 Å². The van der Waals surface area contributed by atoms with Gasteiger partial charge in [0.2, 0.25) is 0 Å². The first-order valence-electron chi connectivity index (χ1n) is 5.17. The van der Waals surface area contributed by atoms with E-state index in [-0.39, 0.29) is 6.04 Å². The van der Waals surface area contributed by atoms with Crippen molar-refractivity contribution in [2.45, 2.75) is 18.9 Å². The van der Waals surface area contributed by atoms with Crippen LogP contribution < -0.4 is 5.32 Å². The van der Waals surface area contributed by atoms with Crippen molar-refractivity contribution in [2.75, 3.05) is 17.3 Å². The highest BCUT2D eigenvalue weighted by molar-refractivity contribution is 7.98. The van der Waals surface area contributed by atoms with Crippen LogP contribution in [-0.2, 0) is 0 Å². The Labute approximate surface area is 106 Å². The van der Waals surface area contributed by atoms with Gasteiger partial charge < -0.3 is 5.32 Å². The Kier molecular flexibility index (Phi) is 6.14. The number of nitrogens with zero attached hydrogens (tertiary/aromatic N) is 1. The second kappa shape index (κ2) is 7.43. The first-order valence-corrected chi connectivity index (χ1v) is 6.94. The average Bonchev–Trinajstić information content (AvgIpc) is 2.28. The molecule has 0 saturated carbocycles. The molecule has 2 nitrogen and oxygen atoms in total. The van der Waals surface area contributed by atoms with Gasteiger partial charge in [-0.25, -0.2) is 0 Å². The average molecular weight is 255 g/mol. The number of nitriles is 1. The fourth-order valence-corrected chi connectivity index (χ4v) is 2.03. The Bertz CT molecular complexity index is 362. The van der Waals surface area contributed by atoms with E-state index in [1.54, 1.807) is 11.8 Å². The molecule has 1 aromatic rings. The summed E-state index contributed by atoms with van der Waals surface area (Å²) in [6.07, 6.45) is 3.99. The Balaban J connectivity index is 2.47. The zero-order chi connectivity index (χ0) is 11.8. The maximum atomic E-state index is 9.00. The zero-order valence-electron chi connectivity index (χ0n) is 9.24. The molecule has 0 aliphatic heterocycles. The Morgan fingerprint density at radius 2 is 2.38 bits per heavy atom. The lowest BCUT2D eigenvalue weighted by Gasteiger charge is -2.12. The van der Waals surface area contributed by atoms with E-state index in [0.29, 0.717) is 5.02 Å². The third kappa shape index (κ3) is 4.78. The molecule has 86 valence electrons. The van der Waals surface area contributed by atoms with Gasteiger partial charge in [0.25, 0.3) is 0 Å². The van der Waals surface area contributed by atoms with Gasteiger partial charge in [0.05, 0.1) is 6.07 Å². The number of nitrogens with one attached hydrogen (secondary N) is 1. The number of benzene rings is 1. The lowest BCUT2D eigenvalue weighted by atomic mass is 10.2. The van der Waals surface area contributed by atoms with Crippen molar-refractivity contribution >= 4 is 29.1 Å². The van der Waals surface area contributed by atoms with Crippen molar-refractivity contribution < 1.29 is 0 Å². The van der Waals surface area contributed by atoms with Gasteiger partial charge in [-0.15, -0.1) is 0 Å². The van der Waals surface area contributed by atoms with Crippen molar-refractivity contribution in [3.63, 3.8) is 0 Å². The summed E-state index contributed by atoms with van der Waals surface area (Å²) in [5.41, 5.74) is 0.906. The van der Waals surface area contributed by atoms with Crippen LogP contribution in [0.25, 0.3) is 0 Å². The van der Waals surface area contributed by atoms with Gasteiger partial charge in [-0.3, -0.25) is 0 Å². The standard InChI is InChI=1S/C12H15ClN2S/c1-16-7-3-6-12(9-14)15-11-5-2-4-10(13)8-11/h2,4-5,8,12,15H,3,6-7H2,1H3. The van der Waals surface area contributed by atoms with E-state index in [1.165, 1.54) is 0 Å². The first kappa shape index (κ1) is 13.2. The summed E-state index contributed by atoms with van der Waals surface area (Å²) >= 11 is 7.68. The van der Waals surface area contributed by atoms with Gasteiger partial charge in [-0.05, 0) is 43.0 Å². The molecule has 1 aromatic carbocycles. The highest BCUT2D eigenvalue weighted by Gasteiger charge is 2.06. The molecule has 0 heterocycles. The lowest BCUT2D eigenvalue weighted by molar-refractivity contribution is 0.755. The highest BCUT2D eigenvalue weighted by atomic mass is 35.5. The third-order valence-electron chi connectivity index (χ3n) is 2.16. The SMILES string of the molecule is CSCCCC(C#N)Nc1cccc(Cl)c1. The smallest absolute Gasteiger partial charge is 0.114 e. The molecule has 1 unspecified atom stereocenters. The van der Waals surface area contributed by atoms with Crippen LogP contribution in [0.15, 0.2) is 24.3 Å². The van der Waals surface area contributed by atoms with Gasteiger partial charge in [-0.1, -0.05) is 17.7 Å². The molecule has 0 aromatic heterocycles. The third-order valence-corrected chi connectivity index (χ3v) is 3.09. The predicted molar refractivity (Wildman–Crippen MR) is 72.1 cm³/mol. The van der Waals surface area contributed by atoms with E-state index >= 15 is 0 Å². The summed E-state index contributed by atoms with van der Waals surface area (Å²) in [7, 11) is 0.